The van der Waals surface area contributed by atoms with Gasteiger partial charge in [-0.2, -0.15) is 0 Å². The first-order chi connectivity index (χ1) is 13.6. The highest BCUT2D eigenvalue weighted by Crippen LogP contribution is 2.22. The molecule has 1 aliphatic rings. The van der Waals surface area contributed by atoms with Crippen LogP contribution in [0.3, 0.4) is 0 Å². The smallest absolute Gasteiger partial charge is 0.191 e. The molecule has 6 nitrogen and oxygen atoms in total. The molecule has 28 heavy (non-hydrogen) atoms. The van der Waals surface area contributed by atoms with Gasteiger partial charge in [0.1, 0.15) is 12.4 Å². The van der Waals surface area contributed by atoms with Crippen molar-refractivity contribution in [1.82, 2.24) is 15.6 Å². The van der Waals surface area contributed by atoms with Crippen LogP contribution in [0.1, 0.15) is 35.4 Å². The van der Waals surface area contributed by atoms with Gasteiger partial charge in [-0.05, 0) is 50.5 Å². The van der Waals surface area contributed by atoms with Gasteiger partial charge < -0.3 is 20.1 Å². The molecule has 0 amide bonds. The Bertz CT molecular complexity index is 801. The highest BCUT2D eigenvalue weighted by molar-refractivity contribution is 5.79. The molecule has 1 fully saturated rings. The number of aliphatic imine (C=N–C) groups is 1. The van der Waals surface area contributed by atoms with Crippen molar-refractivity contribution in [3.63, 3.8) is 0 Å². The molecule has 3 rings (SSSR count). The SMILES string of the molecule is CN=C(NCc1cccc(C)n1)NCc1ccc(C)cc1OCC1CCCO1. The number of hydrogen-bond acceptors (Lipinski definition) is 4. The molecule has 1 aromatic carbocycles. The number of ether oxygens (including phenoxy) is 2. The summed E-state index contributed by atoms with van der Waals surface area (Å²) in [5.41, 5.74) is 4.27. The van der Waals surface area contributed by atoms with Crippen LogP contribution in [0.15, 0.2) is 41.4 Å². The van der Waals surface area contributed by atoms with Crippen molar-refractivity contribution in [2.45, 2.75) is 45.9 Å². The predicted molar refractivity (Wildman–Crippen MR) is 112 cm³/mol. The fourth-order valence-electron chi connectivity index (χ4n) is 3.17. The van der Waals surface area contributed by atoms with Crippen molar-refractivity contribution in [3.05, 3.63) is 58.9 Å². The summed E-state index contributed by atoms with van der Waals surface area (Å²) in [5.74, 6) is 1.63. The lowest BCUT2D eigenvalue weighted by Gasteiger charge is -2.17. The van der Waals surface area contributed by atoms with Gasteiger partial charge in [0.2, 0.25) is 0 Å². The predicted octanol–water partition coefficient (Wildman–Crippen LogP) is 3.12. The van der Waals surface area contributed by atoms with Crippen molar-refractivity contribution in [2.75, 3.05) is 20.3 Å². The quantitative estimate of drug-likeness (QED) is 0.569. The third kappa shape index (κ3) is 5.96. The molecule has 0 saturated carbocycles. The third-order valence-corrected chi connectivity index (χ3v) is 4.72. The van der Waals surface area contributed by atoms with Crippen LogP contribution in [0.2, 0.25) is 0 Å². The minimum atomic E-state index is 0.206. The van der Waals surface area contributed by atoms with Crippen molar-refractivity contribution in [2.24, 2.45) is 4.99 Å². The summed E-state index contributed by atoms with van der Waals surface area (Å²) >= 11 is 0. The Labute approximate surface area is 167 Å². The van der Waals surface area contributed by atoms with Crippen LogP contribution in [0.25, 0.3) is 0 Å². The lowest BCUT2D eigenvalue weighted by molar-refractivity contribution is 0.0676. The molecular formula is C22H30N4O2. The molecule has 1 aliphatic heterocycles. The molecule has 0 bridgehead atoms. The Balaban J connectivity index is 1.55. The maximum Gasteiger partial charge on any atom is 0.191 e. The normalized spacial score (nSPS) is 16.8. The van der Waals surface area contributed by atoms with E-state index in [0.717, 1.165) is 48.1 Å². The maximum atomic E-state index is 6.08. The molecule has 2 heterocycles. The van der Waals surface area contributed by atoms with E-state index in [4.69, 9.17) is 9.47 Å². The topological polar surface area (TPSA) is 67.8 Å². The van der Waals surface area contributed by atoms with Gasteiger partial charge in [-0.3, -0.25) is 9.98 Å². The zero-order chi connectivity index (χ0) is 19.8. The first-order valence-electron chi connectivity index (χ1n) is 9.85. The van der Waals surface area contributed by atoms with Gasteiger partial charge in [-0.1, -0.05) is 18.2 Å². The lowest BCUT2D eigenvalue weighted by Crippen LogP contribution is -2.36. The number of aromatic nitrogens is 1. The Morgan fingerprint density at radius 2 is 2.07 bits per heavy atom. The van der Waals surface area contributed by atoms with E-state index in [0.29, 0.717) is 19.7 Å². The molecule has 1 unspecified atom stereocenters. The fraction of sp³-hybridized carbons (Fsp3) is 0.455. The Morgan fingerprint density at radius 1 is 1.21 bits per heavy atom. The molecular weight excluding hydrogens is 352 g/mol. The van der Waals surface area contributed by atoms with Gasteiger partial charge in [0.15, 0.2) is 5.96 Å². The average molecular weight is 383 g/mol. The van der Waals surface area contributed by atoms with Crippen LogP contribution in [0, 0.1) is 13.8 Å². The standard InChI is InChI=1S/C22H30N4O2/c1-16-9-10-18(21(12-16)28-15-20-8-5-11-27-20)13-24-22(23-3)25-14-19-7-4-6-17(2)26-19/h4,6-7,9-10,12,20H,5,8,11,13-15H2,1-3H3,(H2,23,24,25). The minimum absolute atomic E-state index is 0.206. The van der Waals surface area contributed by atoms with Crippen molar-refractivity contribution in [1.29, 1.82) is 0 Å². The summed E-state index contributed by atoms with van der Waals surface area (Å²) < 4.78 is 11.7. The van der Waals surface area contributed by atoms with Crippen LogP contribution >= 0.6 is 0 Å². The number of pyridine rings is 1. The average Bonchev–Trinajstić information content (AvgIpc) is 3.21. The molecule has 0 aliphatic carbocycles. The number of nitrogens with zero attached hydrogens (tertiary/aromatic N) is 2. The van der Waals surface area contributed by atoms with E-state index in [1.165, 1.54) is 5.56 Å². The van der Waals surface area contributed by atoms with E-state index >= 15 is 0 Å². The van der Waals surface area contributed by atoms with Crippen LogP contribution in [-0.2, 0) is 17.8 Å². The maximum absolute atomic E-state index is 6.08. The molecule has 0 radical (unpaired) electrons. The molecule has 1 aromatic heterocycles. The molecule has 1 saturated heterocycles. The Hall–Kier alpha value is -2.60. The highest BCUT2D eigenvalue weighted by atomic mass is 16.5. The van der Waals surface area contributed by atoms with Gasteiger partial charge in [0, 0.05) is 31.5 Å². The van der Waals surface area contributed by atoms with E-state index in [2.05, 4.69) is 45.7 Å². The Kier molecular flexibility index (Phi) is 7.25. The molecule has 0 spiro atoms. The van der Waals surface area contributed by atoms with E-state index in [1.54, 1.807) is 7.05 Å². The second-order valence-corrected chi connectivity index (χ2v) is 7.11. The van der Waals surface area contributed by atoms with E-state index in [1.807, 2.05) is 25.1 Å². The number of nitrogens with one attached hydrogen (secondary N) is 2. The van der Waals surface area contributed by atoms with Gasteiger partial charge in [0.05, 0.1) is 18.3 Å². The van der Waals surface area contributed by atoms with Gasteiger partial charge in [0.25, 0.3) is 0 Å². The van der Waals surface area contributed by atoms with E-state index in [9.17, 15) is 0 Å². The lowest BCUT2D eigenvalue weighted by atomic mass is 10.1. The van der Waals surface area contributed by atoms with Gasteiger partial charge >= 0.3 is 0 Å². The molecule has 2 N–H and O–H groups in total. The second kappa shape index (κ2) is 10.1. The summed E-state index contributed by atoms with van der Waals surface area (Å²) in [7, 11) is 1.77. The summed E-state index contributed by atoms with van der Waals surface area (Å²) in [4.78, 5) is 8.81. The molecule has 1 atom stereocenters. The number of benzene rings is 1. The number of rotatable bonds is 7. The van der Waals surface area contributed by atoms with Crippen molar-refractivity contribution >= 4 is 5.96 Å². The second-order valence-electron chi connectivity index (χ2n) is 7.11. The highest BCUT2D eigenvalue weighted by Gasteiger charge is 2.17. The minimum Gasteiger partial charge on any atom is -0.491 e. The summed E-state index contributed by atoms with van der Waals surface area (Å²) in [6.07, 6.45) is 2.40. The summed E-state index contributed by atoms with van der Waals surface area (Å²) in [6.45, 7) is 6.76. The first kappa shape index (κ1) is 20.1. The van der Waals surface area contributed by atoms with Crippen LogP contribution in [0.4, 0.5) is 0 Å². The molecule has 2 aromatic rings. The van der Waals surface area contributed by atoms with E-state index in [-0.39, 0.29) is 6.10 Å². The fourth-order valence-corrected chi connectivity index (χ4v) is 3.17. The van der Waals surface area contributed by atoms with Crippen LogP contribution < -0.4 is 15.4 Å². The summed E-state index contributed by atoms with van der Waals surface area (Å²) in [6, 6.07) is 12.3. The Morgan fingerprint density at radius 3 is 2.82 bits per heavy atom. The van der Waals surface area contributed by atoms with E-state index < -0.39 is 0 Å². The number of hydrogen-bond donors (Lipinski definition) is 2. The van der Waals surface area contributed by atoms with Crippen LogP contribution in [-0.4, -0.2) is 37.3 Å². The van der Waals surface area contributed by atoms with Gasteiger partial charge in [-0.25, -0.2) is 0 Å². The monoisotopic (exact) mass is 382 g/mol. The number of aryl methyl sites for hydroxylation is 2. The number of guanidine groups is 1. The first-order valence-corrected chi connectivity index (χ1v) is 9.85. The van der Waals surface area contributed by atoms with Gasteiger partial charge in [-0.15, -0.1) is 0 Å². The zero-order valence-electron chi connectivity index (χ0n) is 17.0. The largest absolute Gasteiger partial charge is 0.491 e. The van der Waals surface area contributed by atoms with Crippen molar-refractivity contribution in [3.8, 4) is 5.75 Å². The summed E-state index contributed by atoms with van der Waals surface area (Å²) in [5, 5.41) is 6.66. The third-order valence-electron chi connectivity index (χ3n) is 4.72. The molecule has 6 heteroatoms. The zero-order valence-corrected chi connectivity index (χ0v) is 17.0. The van der Waals surface area contributed by atoms with Crippen LogP contribution in [0.5, 0.6) is 5.75 Å². The molecule has 150 valence electrons. The van der Waals surface area contributed by atoms with Crippen molar-refractivity contribution < 1.29 is 9.47 Å².